The van der Waals surface area contributed by atoms with Gasteiger partial charge in [-0.05, 0) is 51.2 Å². The number of amides is 1. The quantitative estimate of drug-likeness (QED) is 0.266. The van der Waals surface area contributed by atoms with Crippen LogP contribution in [0, 0.1) is 19.8 Å². The number of aromatic amines is 1. The van der Waals surface area contributed by atoms with Crippen molar-refractivity contribution in [2.75, 3.05) is 6.54 Å². The third-order valence-corrected chi connectivity index (χ3v) is 10.4. The van der Waals surface area contributed by atoms with Crippen LogP contribution in [0.2, 0.25) is 0 Å². The molecule has 1 amide bonds. The van der Waals surface area contributed by atoms with Crippen molar-refractivity contribution >= 4 is 33.5 Å². The van der Waals surface area contributed by atoms with Crippen molar-refractivity contribution in [2.24, 2.45) is 13.0 Å². The molecule has 2 aromatic carbocycles. The number of rotatable bonds is 4. The largest absolute Gasteiger partial charge is 0.347 e. The lowest BCUT2D eigenvalue weighted by Crippen LogP contribution is -2.37. The minimum absolute atomic E-state index is 0.0638. The lowest BCUT2D eigenvalue weighted by Gasteiger charge is -2.27. The van der Waals surface area contributed by atoms with Crippen molar-refractivity contribution in [2.45, 2.75) is 65.6 Å². The molecule has 2 aliphatic heterocycles. The number of fused-ring (bicyclic) bond motifs is 6. The molecule has 6 heterocycles. The number of carbonyl (C=O) groups is 2. The summed E-state index contributed by atoms with van der Waals surface area (Å²) in [6, 6.07) is 14.6. The standard InChI is InChI=1S/C20H21N3O.C17H18N4O/c1-13-21-9-11-22(13)12-15-7-8-17-18(20(15)24)16-6-2-4-14-5-3-10-23(17)19(14)16;1-11-13(19-10-18-11)9-21-8-7-15-16(17(21)22)12-5-3-4-6-14(12)20(15)2/h2,4,6,9,11,15H,3,5,7-8,10,12H2,1H3;3-6,10H,7-9H2,1-2H3,(H,18,19)/t15-;/m1./s1. The Morgan fingerprint density at radius 1 is 0.913 bits per heavy atom. The maximum absolute atomic E-state index is 13.3. The summed E-state index contributed by atoms with van der Waals surface area (Å²) in [4.78, 5) is 39.8. The van der Waals surface area contributed by atoms with Crippen LogP contribution in [0.25, 0.3) is 21.8 Å². The highest BCUT2D eigenvalue weighted by atomic mass is 16.2. The molecule has 46 heavy (non-hydrogen) atoms. The number of aromatic nitrogens is 6. The number of carbonyl (C=O) groups excluding carboxylic acids is 2. The van der Waals surface area contributed by atoms with Gasteiger partial charge >= 0.3 is 0 Å². The predicted octanol–water partition coefficient (Wildman–Crippen LogP) is 5.95. The van der Waals surface area contributed by atoms with Crippen LogP contribution in [0.4, 0.5) is 0 Å². The zero-order valence-electron chi connectivity index (χ0n) is 26.7. The molecule has 4 aromatic heterocycles. The summed E-state index contributed by atoms with van der Waals surface area (Å²) >= 11 is 0. The zero-order valence-corrected chi connectivity index (χ0v) is 26.7. The van der Waals surface area contributed by atoms with E-state index < -0.39 is 0 Å². The maximum Gasteiger partial charge on any atom is 0.256 e. The fourth-order valence-electron chi connectivity index (χ4n) is 7.97. The Balaban J connectivity index is 0.000000136. The molecule has 6 aromatic rings. The highest BCUT2D eigenvalue weighted by Gasteiger charge is 2.34. The van der Waals surface area contributed by atoms with Crippen LogP contribution in [0.15, 0.2) is 61.2 Å². The van der Waals surface area contributed by atoms with E-state index in [2.05, 4.69) is 52.9 Å². The molecule has 9 nitrogen and oxygen atoms in total. The lowest BCUT2D eigenvalue weighted by atomic mass is 9.84. The number of nitrogens with one attached hydrogen (secondary N) is 1. The summed E-state index contributed by atoms with van der Waals surface area (Å²) in [6.45, 7) is 7.10. The van der Waals surface area contributed by atoms with Gasteiger partial charge in [0.2, 0.25) is 0 Å². The van der Waals surface area contributed by atoms with E-state index in [4.69, 9.17) is 0 Å². The molecule has 0 saturated heterocycles. The van der Waals surface area contributed by atoms with E-state index in [0.29, 0.717) is 12.3 Å². The van der Waals surface area contributed by atoms with Crippen molar-refractivity contribution in [3.63, 3.8) is 0 Å². The van der Waals surface area contributed by atoms with E-state index in [1.54, 1.807) is 6.33 Å². The lowest BCUT2D eigenvalue weighted by molar-refractivity contribution is 0.0725. The molecule has 0 unspecified atom stereocenters. The average Bonchev–Trinajstić information content (AvgIpc) is 3.83. The van der Waals surface area contributed by atoms with E-state index in [0.717, 1.165) is 90.3 Å². The Labute approximate surface area is 267 Å². The smallest absolute Gasteiger partial charge is 0.256 e. The average molecular weight is 614 g/mol. The maximum atomic E-state index is 13.3. The SMILES string of the molecule is Cc1nc[nH]c1CN1CCc2c(c3ccccc3n2C)C1=O.Cc1nccn1C[C@H]1CCc2c(c3cccc4c3n2CCC4)C1=O. The molecule has 0 radical (unpaired) electrons. The van der Waals surface area contributed by atoms with Crippen LogP contribution in [0.1, 0.15) is 67.7 Å². The van der Waals surface area contributed by atoms with E-state index in [1.165, 1.54) is 28.6 Å². The topological polar surface area (TPSA) is 93.7 Å². The van der Waals surface area contributed by atoms with Crippen LogP contribution in [-0.4, -0.2) is 51.8 Å². The van der Waals surface area contributed by atoms with Crippen molar-refractivity contribution in [3.8, 4) is 0 Å². The Bertz CT molecular complexity index is 2140. The molecule has 1 aliphatic carbocycles. The number of hydrogen-bond acceptors (Lipinski definition) is 4. The molecular formula is C37H39N7O2. The van der Waals surface area contributed by atoms with Crippen LogP contribution >= 0.6 is 0 Å². The van der Waals surface area contributed by atoms with Gasteiger partial charge in [0.25, 0.3) is 5.91 Å². The molecule has 0 saturated carbocycles. The van der Waals surface area contributed by atoms with Crippen LogP contribution < -0.4 is 0 Å². The molecule has 3 aliphatic rings. The number of aryl methyl sites for hydroxylation is 5. The Morgan fingerprint density at radius 3 is 2.57 bits per heavy atom. The van der Waals surface area contributed by atoms with Gasteiger partial charge in [0.05, 0.1) is 35.3 Å². The number of para-hydroxylation sites is 2. The van der Waals surface area contributed by atoms with Gasteiger partial charge in [0.15, 0.2) is 5.78 Å². The first-order valence-corrected chi connectivity index (χ1v) is 16.4. The molecule has 9 rings (SSSR count). The summed E-state index contributed by atoms with van der Waals surface area (Å²) in [5.41, 5.74) is 10.1. The summed E-state index contributed by atoms with van der Waals surface area (Å²) < 4.78 is 6.69. The molecule has 234 valence electrons. The minimum atomic E-state index is 0.0638. The molecular weight excluding hydrogens is 574 g/mol. The van der Waals surface area contributed by atoms with E-state index in [9.17, 15) is 9.59 Å². The number of H-pyrrole nitrogens is 1. The Kier molecular flexibility index (Phi) is 6.92. The van der Waals surface area contributed by atoms with Gasteiger partial charge in [-0.3, -0.25) is 9.59 Å². The van der Waals surface area contributed by atoms with E-state index in [1.807, 2.05) is 56.4 Å². The van der Waals surface area contributed by atoms with Crippen molar-refractivity contribution < 1.29 is 9.59 Å². The van der Waals surface area contributed by atoms with Crippen LogP contribution in [0.3, 0.4) is 0 Å². The first kappa shape index (κ1) is 28.5. The van der Waals surface area contributed by atoms with Gasteiger partial charge < -0.3 is 23.6 Å². The fraction of sp³-hybridized carbons (Fsp3) is 0.351. The van der Waals surface area contributed by atoms with E-state index >= 15 is 0 Å². The van der Waals surface area contributed by atoms with Crippen molar-refractivity contribution in [1.29, 1.82) is 0 Å². The number of benzene rings is 2. The van der Waals surface area contributed by atoms with E-state index in [-0.39, 0.29) is 11.8 Å². The van der Waals surface area contributed by atoms with Crippen molar-refractivity contribution in [3.05, 3.63) is 106 Å². The number of ketones is 1. The van der Waals surface area contributed by atoms with Gasteiger partial charge in [-0.1, -0.05) is 36.4 Å². The van der Waals surface area contributed by atoms with Crippen molar-refractivity contribution in [1.82, 2.24) is 33.6 Å². The minimum Gasteiger partial charge on any atom is -0.347 e. The number of imidazole rings is 2. The Hall–Kier alpha value is -4.92. The van der Waals surface area contributed by atoms with Gasteiger partial charge in [-0.15, -0.1) is 0 Å². The first-order chi connectivity index (χ1) is 22.4. The number of hydrogen-bond donors (Lipinski definition) is 1. The van der Waals surface area contributed by atoms with Gasteiger partial charge in [-0.2, -0.15) is 0 Å². The summed E-state index contributed by atoms with van der Waals surface area (Å²) in [5.74, 6) is 1.49. The Morgan fingerprint density at radius 2 is 1.76 bits per heavy atom. The predicted molar refractivity (Wildman–Crippen MR) is 178 cm³/mol. The highest BCUT2D eigenvalue weighted by molar-refractivity contribution is 6.12. The monoisotopic (exact) mass is 613 g/mol. The third-order valence-electron chi connectivity index (χ3n) is 10.4. The highest BCUT2D eigenvalue weighted by Crippen LogP contribution is 2.38. The van der Waals surface area contributed by atoms with Crippen LogP contribution in [0.5, 0.6) is 0 Å². The zero-order chi connectivity index (χ0) is 31.5. The third kappa shape index (κ3) is 4.51. The molecule has 1 N–H and O–H groups in total. The van der Waals surface area contributed by atoms with Crippen LogP contribution in [-0.2, 0) is 45.9 Å². The fourth-order valence-corrected chi connectivity index (χ4v) is 7.97. The number of nitrogens with zero attached hydrogens (tertiary/aromatic N) is 6. The number of Topliss-reactive ketones (excluding diaryl/α,β-unsaturated/α-hetero) is 1. The summed E-state index contributed by atoms with van der Waals surface area (Å²) in [5, 5.41) is 2.23. The molecule has 1 atom stereocenters. The van der Waals surface area contributed by atoms with Gasteiger partial charge in [0, 0.05) is 84.7 Å². The second-order valence-electron chi connectivity index (χ2n) is 13.0. The van der Waals surface area contributed by atoms with Gasteiger partial charge in [0.1, 0.15) is 5.82 Å². The molecule has 0 spiro atoms. The molecule has 9 heteroatoms. The normalized spacial score (nSPS) is 17.3. The second kappa shape index (κ2) is 11.2. The molecule has 0 bridgehead atoms. The van der Waals surface area contributed by atoms with Gasteiger partial charge in [-0.25, -0.2) is 9.97 Å². The summed E-state index contributed by atoms with van der Waals surface area (Å²) in [7, 11) is 2.04. The second-order valence-corrected chi connectivity index (χ2v) is 13.0. The first-order valence-electron chi connectivity index (χ1n) is 16.4. The molecule has 0 fully saturated rings. The summed E-state index contributed by atoms with van der Waals surface area (Å²) in [6.07, 6.45) is 10.6.